The van der Waals surface area contributed by atoms with Gasteiger partial charge >= 0.3 is 0 Å². The third kappa shape index (κ3) is 4.84. The fourth-order valence-corrected chi connectivity index (χ4v) is 7.61. The molecule has 1 heterocycles. The molecule has 228 valence electrons. The monoisotopic (exact) mass is 767 g/mol. The van der Waals surface area contributed by atoms with Gasteiger partial charge in [-0.25, -0.2) is 0 Å². The number of rotatable bonds is 7. The number of fused-ring (bicyclic) bond motifs is 3. The van der Waals surface area contributed by atoms with Crippen LogP contribution in [0.4, 0.5) is 0 Å². The summed E-state index contributed by atoms with van der Waals surface area (Å²) in [6.07, 6.45) is 2.09. The Hall–Kier alpha value is -4.07. The van der Waals surface area contributed by atoms with Crippen molar-refractivity contribution in [2.45, 2.75) is 58.3 Å². The van der Waals surface area contributed by atoms with E-state index >= 15 is 0 Å². The summed E-state index contributed by atoms with van der Waals surface area (Å²) < 4.78 is 2.31. The van der Waals surface area contributed by atoms with Crippen molar-refractivity contribution in [1.29, 1.82) is 0 Å². The molecule has 0 unspecified atom stereocenters. The molecule has 4 heteroatoms. The zero-order chi connectivity index (χ0) is 30.5. The largest absolute Gasteiger partial charge is 0.319 e. The number of aromatic nitrogens is 3. The van der Waals surface area contributed by atoms with E-state index in [9.17, 15) is 0 Å². The number of hydrogen-bond donors (Lipinski definition) is 0. The molecule has 0 saturated carbocycles. The maximum atomic E-state index is 4.85. The zero-order valence-corrected chi connectivity index (χ0v) is 28.8. The van der Waals surface area contributed by atoms with Gasteiger partial charge in [0.2, 0.25) is 0 Å². The van der Waals surface area contributed by atoms with Crippen LogP contribution in [0.1, 0.15) is 72.8 Å². The molecule has 3 nitrogen and oxygen atoms in total. The normalized spacial score (nSPS) is 13.2. The maximum absolute atomic E-state index is 4.85. The van der Waals surface area contributed by atoms with Crippen LogP contribution in [0.3, 0.4) is 0 Å². The number of nitrogens with zero attached hydrogens (tertiary/aromatic N) is 3. The Labute approximate surface area is 281 Å². The zero-order valence-electron chi connectivity index (χ0n) is 26.5. The molecule has 0 radical (unpaired) electrons. The van der Waals surface area contributed by atoms with Crippen molar-refractivity contribution >= 4 is 0 Å². The molecule has 0 fully saturated rings. The molecule has 5 aromatic carbocycles. The Morgan fingerprint density at radius 1 is 0.711 bits per heavy atom. The summed E-state index contributed by atoms with van der Waals surface area (Å²) >= 11 is 0. The van der Waals surface area contributed by atoms with Crippen LogP contribution in [0.15, 0.2) is 115 Å². The molecule has 0 bridgehead atoms. The van der Waals surface area contributed by atoms with Crippen LogP contribution in [0.5, 0.6) is 0 Å². The molecule has 0 saturated heterocycles. The predicted octanol–water partition coefficient (Wildman–Crippen LogP) is 9.79. The van der Waals surface area contributed by atoms with E-state index < -0.39 is 5.41 Å². The second kappa shape index (κ2) is 12.0. The van der Waals surface area contributed by atoms with E-state index in [0.717, 1.165) is 35.7 Å². The van der Waals surface area contributed by atoms with Crippen molar-refractivity contribution in [2.24, 2.45) is 0 Å². The fraction of sp³-hybridized carbons (Fsp3) is 0.220. The first-order valence-electron chi connectivity index (χ1n) is 15.7. The van der Waals surface area contributed by atoms with Crippen molar-refractivity contribution in [3.8, 4) is 28.2 Å². The fourth-order valence-electron chi connectivity index (χ4n) is 7.61. The molecule has 0 spiro atoms. The molecular weight excluding hydrogens is 730 g/mol. The molecule has 45 heavy (non-hydrogen) atoms. The molecule has 6 aromatic rings. The van der Waals surface area contributed by atoms with Crippen LogP contribution in [0.25, 0.3) is 28.2 Å². The van der Waals surface area contributed by atoms with E-state index in [2.05, 4.69) is 142 Å². The third-order valence-corrected chi connectivity index (χ3v) is 9.40. The van der Waals surface area contributed by atoms with Gasteiger partial charge in [-0.15, -0.1) is 41.0 Å². The van der Waals surface area contributed by atoms with Crippen LogP contribution < -0.4 is 0 Å². The molecule has 0 aliphatic heterocycles. The average Bonchev–Trinajstić information content (AvgIpc) is 3.61. The van der Waals surface area contributed by atoms with Gasteiger partial charge in [0.05, 0.1) is 11.2 Å². The minimum absolute atomic E-state index is 0. The molecule has 1 aliphatic rings. The van der Waals surface area contributed by atoms with Gasteiger partial charge in [-0.1, -0.05) is 118 Å². The standard InChI is InChI=1S/C41H38N3.Pt/c1-6-25-40(4,5)39-43-42-38(30-17-9-7-10-18-30)44(39)37-28(2)26-32(27-29(37)3)41(31-19-11-8-12-20-31)35-23-15-13-21-33(35)34-22-14-16-24-36(34)41;/h7-17,19-24,26-27H,6,25H2,1-5H3;/q-1;. The van der Waals surface area contributed by atoms with Gasteiger partial charge in [0.1, 0.15) is 5.82 Å². The summed E-state index contributed by atoms with van der Waals surface area (Å²) in [6.45, 7) is 11.3. The van der Waals surface area contributed by atoms with Crippen LogP contribution >= 0.6 is 0 Å². The molecule has 7 rings (SSSR count). The first-order chi connectivity index (χ1) is 21.4. The summed E-state index contributed by atoms with van der Waals surface area (Å²) in [4.78, 5) is 0. The Balaban J connectivity index is 0.00000357. The van der Waals surface area contributed by atoms with Crippen LogP contribution in [-0.4, -0.2) is 14.8 Å². The first-order valence-corrected chi connectivity index (χ1v) is 15.7. The maximum Gasteiger partial charge on any atom is 0.134 e. The number of hydrogen-bond acceptors (Lipinski definition) is 2. The summed E-state index contributed by atoms with van der Waals surface area (Å²) in [5.41, 5.74) is 11.7. The van der Waals surface area contributed by atoms with Gasteiger partial charge in [-0.05, 0) is 64.8 Å². The molecule has 0 N–H and O–H groups in total. The van der Waals surface area contributed by atoms with E-state index in [-0.39, 0.29) is 26.5 Å². The smallest absolute Gasteiger partial charge is 0.134 e. The Morgan fingerprint density at radius 3 is 1.87 bits per heavy atom. The molecule has 0 atom stereocenters. The van der Waals surface area contributed by atoms with Gasteiger partial charge in [-0.3, -0.25) is 0 Å². The van der Waals surface area contributed by atoms with Gasteiger partial charge in [0, 0.05) is 32.2 Å². The van der Waals surface area contributed by atoms with Gasteiger partial charge in [0.25, 0.3) is 0 Å². The Morgan fingerprint density at radius 2 is 1.29 bits per heavy atom. The summed E-state index contributed by atoms with van der Waals surface area (Å²) in [5.74, 6) is 1.82. The quantitative estimate of drug-likeness (QED) is 0.151. The summed E-state index contributed by atoms with van der Waals surface area (Å²) in [5, 5.41) is 9.65. The SMILES string of the molecule is CCCC(C)(C)c1nnc(-c2[c-]cccc2)n1-c1c(C)cc(C2(c3ccccc3)c3ccccc3-c3ccccc32)cc1C.[Pt]. The summed E-state index contributed by atoms with van der Waals surface area (Å²) in [7, 11) is 0. The Bertz CT molecular complexity index is 1900. The second-order valence-electron chi connectivity index (χ2n) is 12.8. The third-order valence-electron chi connectivity index (χ3n) is 9.40. The minimum atomic E-state index is -0.434. The van der Waals surface area contributed by atoms with Crippen LogP contribution in [-0.2, 0) is 31.9 Å². The van der Waals surface area contributed by atoms with Crippen molar-refractivity contribution < 1.29 is 21.1 Å². The molecule has 1 aliphatic carbocycles. The van der Waals surface area contributed by atoms with Gasteiger partial charge in [-0.2, -0.15) is 5.10 Å². The average molecular weight is 768 g/mol. The van der Waals surface area contributed by atoms with E-state index in [4.69, 9.17) is 10.2 Å². The Kier molecular flexibility index (Phi) is 8.27. The molecular formula is C41H38N3Pt-. The predicted molar refractivity (Wildman–Crippen MR) is 180 cm³/mol. The second-order valence-corrected chi connectivity index (χ2v) is 12.8. The van der Waals surface area contributed by atoms with E-state index in [0.29, 0.717) is 0 Å². The van der Waals surface area contributed by atoms with Gasteiger partial charge in [0.15, 0.2) is 0 Å². The first kappa shape index (κ1) is 30.9. The minimum Gasteiger partial charge on any atom is -0.319 e. The van der Waals surface area contributed by atoms with Crippen molar-refractivity contribution in [3.63, 3.8) is 0 Å². The van der Waals surface area contributed by atoms with Gasteiger partial charge < -0.3 is 4.57 Å². The van der Waals surface area contributed by atoms with Crippen LogP contribution in [0.2, 0.25) is 0 Å². The van der Waals surface area contributed by atoms with Crippen molar-refractivity contribution in [2.75, 3.05) is 0 Å². The van der Waals surface area contributed by atoms with Crippen LogP contribution in [0, 0.1) is 19.9 Å². The number of benzene rings is 5. The van der Waals surface area contributed by atoms with E-state index in [1.165, 1.54) is 44.5 Å². The molecule has 0 amide bonds. The topological polar surface area (TPSA) is 30.7 Å². The van der Waals surface area contributed by atoms with Crippen molar-refractivity contribution in [1.82, 2.24) is 14.8 Å². The van der Waals surface area contributed by atoms with E-state index in [1.807, 2.05) is 18.2 Å². The van der Waals surface area contributed by atoms with Crippen molar-refractivity contribution in [3.05, 3.63) is 161 Å². The molecule has 1 aromatic heterocycles. The van der Waals surface area contributed by atoms with E-state index in [1.54, 1.807) is 0 Å². The summed E-state index contributed by atoms with van der Waals surface area (Å²) in [6, 6.07) is 45.1. The number of aryl methyl sites for hydroxylation is 2.